The standard InChI is InChI=1S/C10H17NO.C2H4/c1-5-9(4)6-11-10(7-12)8(2)3;1-2/h5-6,8,10,12H,1,4,7H2,2-3H3;1-2H2/t10-;/m1./s1. The van der Waals surface area contributed by atoms with E-state index in [0.29, 0.717) is 5.92 Å². The number of aliphatic imine (C=N–C) groups is 1. The lowest BCUT2D eigenvalue weighted by atomic mass is 10.1. The molecular weight excluding hydrogens is 174 g/mol. The second-order valence-electron chi connectivity index (χ2n) is 3.05. The SMILES string of the molecule is C=C.C=CC(=C)C=N[C@H](CO)C(C)C. The summed E-state index contributed by atoms with van der Waals surface area (Å²) >= 11 is 0. The minimum Gasteiger partial charge on any atom is -0.394 e. The second-order valence-corrected chi connectivity index (χ2v) is 3.05. The van der Waals surface area contributed by atoms with Crippen LogP contribution < -0.4 is 0 Å². The summed E-state index contributed by atoms with van der Waals surface area (Å²) in [4.78, 5) is 4.17. The molecule has 0 aliphatic carbocycles. The summed E-state index contributed by atoms with van der Waals surface area (Å²) in [5.74, 6) is 0.351. The van der Waals surface area contributed by atoms with Crippen LogP contribution in [0.1, 0.15) is 13.8 Å². The molecule has 0 radical (unpaired) electrons. The Morgan fingerprint density at radius 3 is 2.21 bits per heavy atom. The van der Waals surface area contributed by atoms with Crippen molar-refractivity contribution in [1.29, 1.82) is 0 Å². The molecule has 0 saturated carbocycles. The van der Waals surface area contributed by atoms with E-state index in [-0.39, 0.29) is 12.6 Å². The Bertz CT molecular complexity index is 194. The summed E-state index contributed by atoms with van der Waals surface area (Å²) < 4.78 is 0. The van der Waals surface area contributed by atoms with Gasteiger partial charge >= 0.3 is 0 Å². The Hall–Kier alpha value is -1.15. The number of hydrogen-bond acceptors (Lipinski definition) is 2. The van der Waals surface area contributed by atoms with Gasteiger partial charge in [0.25, 0.3) is 0 Å². The van der Waals surface area contributed by atoms with Gasteiger partial charge in [-0.25, -0.2) is 0 Å². The highest BCUT2D eigenvalue weighted by Crippen LogP contribution is 2.05. The zero-order valence-corrected chi connectivity index (χ0v) is 9.24. The molecule has 1 atom stereocenters. The fourth-order valence-corrected chi connectivity index (χ4v) is 0.674. The van der Waals surface area contributed by atoms with Crippen LogP contribution in [0, 0.1) is 5.92 Å². The Morgan fingerprint density at radius 2 is 1.93 bits per heavy atom. The Morgan fingerprint density at radius 1 is 1.43 bits per heavy atom. The molecular formula is C12H21NO. The summed E-state index contributed by atoms with van der Waals surface area (Å²) in [6.45, 7) is 17.4. The van der Waals surface area contributed by atoms with Crippen molar-refractivity contribution >= 4 is 6.21 Å². The van der Waals surface area contributed by atoms with E-state index in [4.69, 9.17) is 5.11 Å². The second kappa shape index (κ2) is 9.93. The lowest BCUT2D eigenvalue weighted by Crippen LogP contribution is -2.17. The molecule has 0 aromatic rings. The zero-order valence-electron chi connectivity index (χ0n) is 9.24. The summed E-state index contributed by atoms with van der Waals surface area (Å²) in [5, 5.41) is 8.91. The van der Waals surface area contributed by atoms with Crippen molar-refractivity contribution in [2.45, 2.75) is 19.9 Å². The molecule has 1 N–H and O–H groups in total. The maximum absolute atomic E-state index is 8.91. The molecule has 14 heavy (non-hydrogen) atoms. The summed E-state index contributed by atoms with van der Waals surface area (Å²) in [6.07, 6.45) is 3.28. The predicted molar refractivity (Wildman–Crippen MR) is 64.8 cm³/mol. The molecule has 0 bridgehead atoms. The van der Waals surface area contributed by atoms with Crippen molar-refractivity contribution in [3.63, 3.8) is 0 Å². The summed E-state index contributed by atoms with van der Waals surface area (Å²) in [5.41, 5.74) is 0.772. The first-order valence-corrected chi connectivity index (χ1v) is 4.57. The van der Waals surface area contributed by atoms with Gasteiger partial charge in [-0.3, -0.25) is 4.99 Å². The Kier molecular flexibility index (Phi) is 10.9. The first-order chi connectivity index (χ1) is 6.61. The molecule has 0 aliphatic heterocycles. The number of rotatable bonds is 5. The minimum absolute atomic E-state index is 0.0262. The monoisotopic (exact) mass is 195 g/mol. The van der Waals surface area contributed by atoms with E-state index in [2.05, 4.69) is 31.3 Å². The van der Waals surface area contributed by atoms with E-state index in [1.54, 1.807) is 12.3 Å². The third-order valence-electron chi connectivity index (χ3n) is 1.65. The first kappa shape index (κ1) is 15.3. The average Bonchev–Trinajstić information content (AvgIpc) is 2.21. The molecule has 0 aromatic carbocycles. The molecule has 0 rings (SSSR count). The highest BCUT2D eigenvalue weighted by molar-refractivity contribution is 5.81. The first-order valence-electron chi connectivity index (χ1n) is 4.57. The van der Waals surface area contributed by atoms with Crippen molar-refractivity contribution < 1.29 is 5.11 Å². The van der Waals surface area contributed by atoms with Crippen molar-refractivity contribution in [2.75, 3.05) is 6.61 Å². The number of allylic oxidation sites excluding steroid dienone is 2. The van der Waals surface area contributed by atoms with Gasteiger partial charge < -0.3 is 5.11 Å². The van der Waals surface area contributed by atoms with Crippen LogP contribution in [0.2, 0.25) is 0 Å². The number of aliphatic hydroxyl groups excluding tert-OH is 1. The van der Waals surface area contributed by atoms with Crippen molar-refractivity contribution in [3.05, 3.63) is 38.0 Å². The van der Waals surface area contributed by atoms with Crippen LogP contribution in [0.4, 0.5) is 0 Å². The number of aliphatic hydroxyl groups is 1. The van der Waals surface area contributed by atoms with E-state index in [1.165, 1.54) is 0 Å². The number of hydrogen-bond donors (Lipinski definition) is 1. The van der Waals surface area contributed by atoms with E-state index >= 15 is 0 Å². The molecule has 80 valence electrons. The highest BCUT2D eigenvalue weighted by Gasteiger charge is 2.08. The zero-order chi connectivity index (χ0) is 11.6. The average molecular weight is 195 g/mol. The summed E-state index contributed by atoms with van der Waals surface area (Å²) in [7, 11) is 0. The van der Waals surface area contributed by atoms with Crippen LogP contribution in [0.25, 0.3) is 0 Å². The highest BCUT2D eigenvalue weighted by atomic mass is 16.3. The van der Waals surface area contributed by atoms with Crippen LogP contribution in [0.5, 0.6) is 0 Å². The molecule has 0 amide bonds. The smallest absolute Gasteiger partial charge is 0.0753 e. The van der Waals surface area contributed by atoms with Crippen LogP contribution in [-0.2, 0) is 0 Å². The van der Waals surface area contributed by atoms with Gasteiger partial charge in [0.05, 0.1) is 12.6 Å². The Balaban J connectivity index is 0. The molecule has 0 saturated heterocycles. The van der Waals surface area contributed by atoms with Crippen molar-refractivity contribution in [2.24, 2.45) is 10.9 Å². The molecule has 0 unspecified atom stereocenters. The van der Waals surface area contributed by atoms with Crippen LogP contribution >= 0.6 is 0 Å². The van der Waals surface area contributed by atoms with Crippen molar-refractivity contribution in [3.8, 4) is 0 Å². The molecule has 0 aromatic heterocycles. The van der Waals surface area contributed by atoms with Crippen LogP contribution in [0.15, 0.2) is 43.0 Å². The lowest BCUT2D eigenvalue weighted by Gasteiger charge is -2.12. The summed E-state index contributed by atoms with van der Waals surface area (Å²) in [6, 6.07) is -0.0262. The largest absolute Gasteiger partial charge is 0.394 e. The minimum atomic E-state index is -0.0262. The van der Waals surface area contributed by atoms with Crippen molar-refractivity contribution in [1.82, 2.24) is 0 Å². The van der Waals surface area contributed by atoms with Gasteiger partial charge in [-0.1, -0.05) is 33.1 Å². The van der Waals surface area contributed by atoms with E-state index in [9.17, 15) is 0 Å². The normalized spacial score (nSPS) is 12.0. The van der Waals surface area contributed by atoms with Gasteiger partial charge in [0, 0.05) is 6.21 Å². The molecule has 2 heteroatoms. The third-order valence-corrected chi connectivity index (χ3v) is 1.65. The quantitative estimate of drug-likeness (QED) is 0.408. The van der Waals surface area contributed by atoms with Crippen LogP contribution in [0.3, 0.4) is 0 Å². The fourth-order valence-electron chi connectivity index (χ4n) is 0.674. The molecule has 0 spiro atoms. The fraction of sp³-hybridized carbons (Fsp3) is 0.417. The maximum atomic E-state index is 8.91. The van der Waals surface area contributed by atoms with E-state index in [0.717, 1.165) is 5.57 Å². The molecule has 0 heterocycles. The van der Waals surface area contributed by atoms with Gasteiger partial charge in [0.1, 0.15) is 0 Å². The van der Waals surface area contributed by atoms with Gasteiger partial charge in [-0.2, -0.15) is 0 Å². The van der Waals surface area contributed by atoms with Gasteiger partial charge in [-0.05, 0) is 11.5 Å². The molecule has 2 nitrogen and oxygen atoms in total. The van der Waals surface area contributed by atoms with E-state index in [1.807, 2.05) is 13.8 Å². The third kappa shape index (κ3) is 7.50. The van der Waals surface area contributed by atoms with Gasteiger partial charge in [-0.15, -0.1) is 13.2 Å². The number of nitrogens with zero attached hydrogens (tertiary/aromatic N) is 1. The van der Waals surface area contributed by atoms with E-state index < -0.39 is 0 Å². The molecule has 0 fully saturated rings. The Labute approximate surface area is 87.4 Å². The maximum Gasteiger partial charge on any atom is 0.0753 e. The van der Waals surface area contributed by atoms with Crippen LogP contribution in [-0.4, -0.2) is 24.0 Å². The predicted octanol–water partition coefficient (Wildman–Crippen LogP) is 2.62. The van der Waals surface area contributed by atoms with Gasteiger partial charge in [0.2, 0.25) is 0 Å². The lowest BCUT2D eigenvalue weighted by molar-refractivity contribution is 0.240. The topological polar surface area (TPSA) is 32.6 Å². The molecule has 0 aliphatic rings. The van der Waals surface area contributed by atoms with Gasteiger partial charge in [0.15, 0.2) is 0 Å².